The van der Waals surface area contributed by atoms with Crippen LogP contribution in [0.4, 0.5) is 0 Å². The Morgan fingerprint density at radius 3 is 2.74 bits per heavy atom. The van der Waals surface area contributed by atoms with Crippen LogP contribution in [0.1, 0.15) is 77.6 Å². The van der Waals surface area contributed by atoms with Crippen molar-refractivity contribution >= 4 is 11.7 Å². The number of hydrogen-bond acceptors (Lipinski definition) is 2. The van der Waals surface area contributed by atoms with Gasteiger partial charge in [0.05, 0.1) is 0 Å². The predicted molar refractivity (Wildman–Crippen MR) is 88.7 cm³/mol. The normalized spacial score (nSPS) is 30.3. The summed E-state index contributed by atoms with van der Waals surface area (Å²) in [6, 6.07) is 0.216. The minimum absolute atomic E-state index is 0.0417. The molecule has 4 heteroatoms. The molecule has 1 amide bonds. The number of fused-ring (bicyclic) bond motifs is 3. The molecule has 124 valence electrons. The van der Waals surface area contributed by atoms with Crippen LogP contribution >= 0.6 is 0 Å². The molecule has 2 saturated carbocycles. The molecule has 23 heavy (non-hydrogen) atoms. The van der Waals surface area contributed by atoms with Gasteiger partial charge >= 0.3 is 0 Å². The summed E-state index contributed by atoms with van der Waals surface area (Å²) in [6.07, 6.45) is 7.70. The zero-order valence-electron chi connectivity index (χ0n) is 14.1. The molecule has 0 aliphatic heterocycles. The van der Waals surface area contributed by atoms with Crippen LogP contribution in [0.25, 0.3) is 0 Å². The number of nitrogens with one attached hydrogen (secondary N) is 2. The number of aromatic amines is 1. The van der Waals surface area contributed by atoms with E-state index in [2.05, 4.69) is 17.2 Å². The number of H-pyrrole nitrogens is 1. The van der Waals surface area contributed by atoms with E-state index >= 15 is 0 Å². The van der Waals surface area contributed by atoms with Gasteiger partial charge in [-0.15, -0.1) is 0 Å². The first-order valence-corrected chi connectivity index (χ1v) is 9.10. The Morgan fingerprint density at radius 2 is 2.09 bits per heavy atom. The summed E-state index contributed by atoms with van der Waals surface area (Å²) in [4.78, 5) is 28.0. The van der Waals surface area contributed by atoms with Crippen LogP contribution in [0.2, 0.25) is 0 Å². The highest BCUT2D eigenvalue weighted by atomic mass is 16.2. The monoisotopic (exact) mass is 314 g/mol. The van der Waals surface area contributed by atoms with E-state index in [1.807, 2.05) is 6.92 Å². The van der Waals surface area contributed by atoms with E-state index in [1.54, 1.807) is 0 Å². The van der Waals surface area contributed by atoms with E-state index in [-0.39, 0.29) is 17.7 Å². The summed E-state index contributed by atoms with van der Waals surface area (Å²) < 4.78 is 0. The molecule has 3 aliphatic rings. The third-order valence-electron chi connectivity index (χ3n) is 6.46. The lowest BCUT2D eigenvalue weighted by Crippen LogP contribution is -2.40. The molecule has 4 rings (SSSR count). The van der Waals surface area contributed by atoms with Crippen molar-refractivity contribution in [3.63, 3.8) is 0 Å². The van der Waals surface area contributed by atoms with Crippen molar-refractivity contribution in [2.24, 2.45) is 17.8 Å². The van der Waals surface area contributed by atoms with Crippen molar-refractivity contribution in [1.29, 1.82) is 0 Å². The van der Waals surface area contributed by atoms with Gasteiger partial charge < -0.3 is 10.3 Å². The molecule has 0 aromatic carbocycles. The molecule has 4 unspecified atom stereocenters. The highest BCUT2D eigenvalue weighted by Crippen LogP contribution is 2.49. The Kier molecular flexibility index (Phi) is 3.58. The van der Waals surface area contributed by atoms with E-state index in [0.29, 0.717) is 18.0 Å². The first-order chi connectivity index (χ1) is 11.0. The fraction of sp³-hybridized carbons (Fsp3) is 0.684. The molecule has 1 aromatic rings. The molecule has 0 spiro atoms. The number of rotatable bonds is 3. The fourth-order valence-corrected chi connectivity index (χ4v) is 5.29. The Labute approximate surface area is 137 Å². The molecule has 3 aliphatic carbocycles. The second-order valence-corrected chi connectivity index (χ2v) is 7.86. The number of Topliss-reactive ketones (excluding diaryl/α,β-unsaturated/α-hetero) is 1. The third-order valence-corrected chi connectivity index (χ3v) is 6.46. The van der Waals surface area contributed by atoms with Gasteiger partial charge in [-0.3, -0.25) is 9.59 Å². The smallest absolute Gasteiger partial charge is 0.268 e. The third kappa shape index (κ3) is 2.43. The number of aromatic nitrogens is 1. The number of ketones is 1. The highest BCUT2D eigenvalue weighted by molar-refractivity contribution is 6.04. The van der Waals surface area contributed by atoms with Crippen molar-refractivity contribution < 1.29 is 9.59 Å². The number of hydrogen-bond donors (Lipinski definition) is 2. The quantitative estimate of drug-likeness (QED) is 0.898. The average molecular weight is 314 g/mol. The van der Waals surface area contributed by atoms with Crippen molar-refractivity contribution in [1.82, 2.24) is 10.3 Å². The van der Waals surface area contributed by atoms with Gasteiger partial charge in [0.25, 0.3) is 5.91 Å². The Morgan fingerprint density at radius 1 is 1.26 bits per heavy atom. The SMILES string of the molecule is Cc1c(C(=O)NC(C)C2CC3CCC2C3)[nH]c2c1C(=O)CCC2. The summed E-state index contributed by atoms with van der Waals surface area (Å²) in [5, 5.41) is 3.21. The van der Waals surface area contributed by atoms with Gasteiger partial charge in [-0.25, -0.2) is 0 Å². The van der Waals surface area contributed by atoms with Crippen molar-refractivity contribution in [2.45, 2.75) is 64.8 Å². The minimum Gasteiger partial charge on any atom is -0.354 e. The summed E-state index contributed by atoms with van der Waals surface area (Å²) >= 11 is 0. The van der Waals surface area contributed by atoms with E-state index in [1.165, 1.54) is 25.7 Å². The summed E-state index contributed by atoms with van der Waals surface area (Å²) in [6.45, 7) is 4.04. The van der Waals surface area contributed by atoms with E-state index in [4.69, 9.17) is 0 Å². The van der Waals surface area contributed by atoms with E-state index < -0.39 is 0 Å². The molecule has 2 bridgehead atoms. The van der Waals surface area contributed by atoms with Crippen LogP contribution in [0.15, 0.2) is 0 Å². The highest BCUT2D eigenvalue weighted by Gasteiger charge is 2.42. The molecule has 4 atom stereocenters. The number of aryl methyl sites for hydroxylation is 1. The fourth-order valence-electron chi connectivity index (χ4n) is 5.29. The summed E-state index contributed by atoms with van der Waals surface area (Å²) in [7, 11) is 0. The first kappa shape index (κ1) is 15.0. The minimum atomic E-state index is -0.0417. The van der Waals surface area contributed by atoms with Gasteiger partial charge in [-0.2, -0.15) is 0 Å². The summed E-state index contributed by atoms with van der Waals surface area (Å²) in [5.41, 5.74) is 3.16. The Balaban J connectivity index is 1.50. The van der Waals surface area contributed by atoms with E-state index in [0.717, 1.165) is 41.5 Å². The van der Waals surface area contributed by atoms with Gasteiger partial charge in [-0.1, -0.05) is 6.42 Å². The molecule has 0 saturated heterocycles. The molecular weight excluding hydrogens is 288 g/mol. The molecule has 2 fully saturated rings. The Hall–Kier alpha value is -1.58. The van der Waals surface area contributed by atoms with Gasteiger partial charge in [0.15, 0.2) is 5.78 Å². The van der Waals surface area contributed by atoms with Crippen LogP contribution < -0.4 is 5.32 Å². The lowest BCUT2D eigenvalue weighted by atomic mass is 9.84. The number of amides is 1. The van der Waals surface area contributed by atoms with Crippen molar-refractivity contribution in [2.75, 3.05) is 0 Å². The average Bonchev–Trinajstić information content (AvgIpc) is 3.21. The zero-order chi connectivity index (χ0) is 16.1. The molecule has 0 radical (unpaired) electrons. The van der Waals surface area contributed by atoms with Crippen molar-refractivity contribution in [3.8, 4) is 0 Å². The van der Waals surface area contributed by atoms with Crippen molar-refractivity contribution in [3.05, 3.63) is 22.5 Å². The number of carbonyl (C=O) groups excluding carboxylic acids is 2. The van der Waals surface area contributed by atoms with Crippen LogP contribution in [-0.4, -0.2) is 22.7 Å². The second kappa shape index (κ2) is 5.50. The lowest BCUT2D eigenvalue weighted by molar-refractivity contribution is 0.0909. The maximum absolute atomic E-state index is 12.7. The van der Waals surface area contributed by atoms with Crippen LogP contribution in [0.5, 0.6) is 0 Å². The van der Waals surface area contributed by atoms with Crippen LogP contribution in [0.3, 0.4) is 0 Å². The molecule has 4 nitrogen and oxygen atoms in total. The molecular formula is C19H26N2O2. The summed E-state index contributed by atoms with van der Waals surface area (Å²) in [5.74, 6) is 2.46. The van der Waals surface area contributed by atoms with Gasteiger partial charge in [-0.05, 0) is 69.3 Å². The van der Waals surface area contributed by atoms with Crippen LogP contribution in [-0.2, 0) is 6.42 Å². The number of carbonyl (C=O) groups is 2. The van der Waals surface area contributed by atoms with Gasteiger partial charge in [0.1, 0.15) is 5.69 Å². The second-order valence-electron chi connectivity index (χ2n) is 7.86. The lowest BCUT2D eigenvalue weighted by Gasteiger charge is -2.28. The van der Waals surface area contributed by atoms with E-state index in [9.17, 15) is 9.59 Å². The zero-order valence-corrected chi connectivity index (χ0v) is 14.1. The molecule has 1 heterocycles. The first-order valence-electron chi connectivity index (χ1n) is 9.10. The van der Waals surface area contributed by atoms with Gasteiger partial charge in [0.2, 0.25) is 0 Å². The topological polar surface area (TPSA) is 62.0 Å². The standard InChI is InChI=1S/C19H26N2O2/c1-10-17-15(4-3-5-16(17)22)21-18(10)19(23)20-11(2)14-9-12-6-7-13(14)8-12/h11-14,21H,3-9H2,1-2H3,(H,20,23). The molecule has 1 aromatic heterocycles. The van der Waals surface area contributed by atoms with Gasteiger partial charge in [0, 0.05) is 23.7 Å². The maximum atomic E-state index is 12.7. The molecule has 2 N–H and O–H groups in total. The maximum Gasteiger partial charge on any atom is 0.268 e. The Bertz CT molecular complexity index is 661. The largest absolute Gasteiger partial charge is 0.354 e. The predicted octanol–water partition coefficient (Wildman–Crippen LogP) is 3.40. The van der Waals surface area contributed by atoms with Crippen LogP contribution in [0, 0.1) is 24.7 Å².